The molecule has 3 aliphatic rings. The Bertz CT molecular complexity index is 1650. The molecule has 5 heterocycles. The number of rotatable bonds is 8. The number of alkyl halides is 1. The maximum atomic E-state index is 15.3. The van der Waals surface area contributed by atoms with Gasteiger partial charge in [0.25, 0.3) is 5.91 Å². The maximum Gasteiger partial charge on any atom is 0.258 e. The Balaban J connectivity index is 0.996. The molecule has 2 saturated heterocycles. The Morgan fingerprint density at radius 2 is 1.95 bits per heavy atom. The summed E-state index contributed by atoms with van der Waals surface area (Å²) in [6, 6.07) is 9.74. The predicted molar refractivity (Wildman–Crippen MR) is 161 cm³/mol. The second kappa shape index (κ2) is 11.1. The molecule has 0 bridgehead atoms. The van der Waals surface area contributed by atoms with Crippen LogP contribution in [0.15, 0.2) is 48.1 Å². The summed E-state index contributed by atoms with van der Waals surface area (Å²) in [7, 11) is 1.53. The Morgan fingerprint density at radius 3 is 2.70 bits per heavy atom. The van der Waals surface area contributed by atoms with Crippen molar-refractivity contribution in [3.63, 3.8) is 0 Å². The zero-order chi connectivity index (χ0) is 29.6. The van der Waals surface area contributed by atoms with Gasteiger partial charge in [-0.25, -0.2) is 9.37 Å². The minimum absolute atomic E-state index is 0.0626. The lowest BCUT2D eigenvalue weighted by molar-refractivity contribution is -0.139. The minimum atomic E-state index is -1.47. The molecule has 0 unspecified atom stereocenters. The van der Waals surface area contributed by atoms with Gasteiger partial charge in [-0.15, -0.1) is 11.3 Å². The summed E-state index contributed by atoms with van der Waals surface area (Å²) in [6.07, 6.45) is 6.73. The van der Waals surface area contributed by atoms with Gasteiger partial charge in [0.2, 0.25) is 5.91 Å². The average Bonchev–Trinajstić information content (AvgIpc) is 3.38. The van der Waals surface area contributed by atoms with Crippen molar-refractivity contribution >= 4 is 39.7 Å². The lowest BCUT2D eigenvalue weighted by Gasteiger charge is -2.36. The van der Waals surface area contributed by atoms with E-state index in [9.17, 15) is 9.59 Å². The first-order valence-electron chi connectivity index (χ1n) is 14.8. The van der Waals surface area contributed by atoms with E-state index in [1.54, 1.807) is 16.5 Å². The molecule has 7 rings (SSSR count). The number of thiazole rings is 1. The first-order chi connectivity index (χ1) is 20.9. The van der Waals surface area contributed by atoms with Gasteiger partial charge >= 0.3 is 0 Å². The largest absolute Gasteiger partial charge is 0.367 e. The SMILES string of the molecule is CO[C@@]1(C(=O)Nc2ccc3[nH]nc(-c4ccnc(C5CC5)c4)c3c2)CCN(CC(=O)N2CCC(F)(c3nccs3)CC2)C1. The number of pyridine rings is 1. The zero-order valence-corrected chi connectivity index (χ0v) is 24.8. The van der Waals surface area contributed by atoms with Gasteiger partial charge in [0.05, 0.1) is 12.1 Å². The van der Waals surface area contributed by atoms with Crippen LogP contribution in [0, 0.1) is 0 Å². The van der Waals surface area contributed by atoms with E-state index in [0.29, 0.717) is 49.2 Å². The molecule has 1 saturated carbocycles. The standard InChI is InChI=1S/C31H34FN7O3S/c1-42-31(9-12-38(19-31)18-26(40)39-13-7-30(32,8-14-39)29-34-11-15-43-29)28(41)35-22-4-5-24-23(17-22)27(37-36-24)21-6-10-33-25(16-21)20-2-3-20/h4-6,10-11,15-17,20H,2-3,7-9,12-14,18-19H2,1H3,(H,35,41)(H,36,37)/t31-/m0/s1. The number of nitrogens with zero attached hydrogens (tertiary/aromatic N) is 5. The highest BCUT2D eigenvalue weighted by molar-refractivity contribution is 7.09. The molecule has 1 atom stereocenters. The summed E-state index contributed by atoms with van der Waals surface area (Å²) in [5.41, 5.74) is 1.86. The number of nitrogens with one attached hydrogen (secondary N) is 2. The number of carbonyl (C=O) groups is 2. The van der Waals surface area contributed by atoms with Crippen LogP contribution in [0.4, 0.5) is 10.1 Å². The molecule has 12 heteroatoms. The van der Waals surface area contributed by atoms with Gasteiger partial charge in [0.1, 0.15) is 10.7 Å². The fourth-order valence-corrected chi connectivity index (χ4v) is 7.04. The van der Waals surface area contributed by atoms with Gasteiger partial charge in [-0.1, -0.05) is 0 Å². The molecule has 0 spiro atoms. The summed E-state index contributed by atoms with van der Waals surface area (Å²) < 4.78 is 21.2. The highest BCUT2D eigenvalue weighted by atomic mass is 32.1. The lowest BCUT2D eigenvalue weighted by atomic mass is 9.94. The average molecular weight is 604 g/mol. The van der Waals surface area contributed by atoms with Crippen LogP contribution in [0.3, 0.4) is 0 Å². The van der Waals surface area contributed by atoms with Crippen molar-refractivity contribution in [1.82, 2.24) is 30.0 Å². The summed E-state index contributed by atoms with van der Waals surface area (Å²) in [6.45, 7) is 1.69. The fraction of sp³-hybridized carbons (Fsp3) is 0.452. The van der Waals surface area contributed by atoms with Crippen LogP contribution in [0.25, 0.3) is 22.2 Å². The Hall–Kier alpha value is -3.74. The van der Waals surface area contributed by atoms with Crippen LogP contribution in [-0.2, 0) is 20.0 Å². The number of fused-ring (bicyclic) bond motifs is 1. The number of anilines is 1. The molecule has 4 aromatic rings. The van der Waals surface area contributed by atoms with E-state index >= 15 is 4.39 Å². The van der Waals surface area contributed by atoms with E-state index in [-0.39, 0.29) is 31.2 Å². The molecule has 224 valence electrons. The van der Waals surface area contributed by atoms with E-state index in [1.807, 2.05) is 35.4 Å². The highest BCUT2D eigenvalue weighted by Crippen LogP contribution is 2.41. The van der Waals surface area contributed by atoms with Crippen LogP contribution in [0.1, 0.15) is 48.7 Å². The number of piperidine rings is 1. The first-order valence-corrected chi connectivity index (χ1v) is 15.6. The van der Waals surface area contributed by atoms with Crippen molar-refractivity contribution in [2.24, 2.45) is 0 Å². The van der Waals surface area contributed by atoms with Crippen molar-refractivity contribution in [1.29, 1.82) is 0 Å². The zero-order valence-electron chi connectivity index (χ0n) is 24.0. The van der Waals surface area contributed by atoms with Gasteiger partial charge in [-0.05, 0) is 49.6 Å². The van der Waals surface area contributed by atoms with E-state index < -0.39 is 11.3 Å². The number of likely N-dealkylation sites (tertiary alicyclic amines) is 2. The summed E-state index contributed by atoms with van der Waals surface area (Å²) >= 11 is 1.32. The van der Waals surface area contributed by atoms with Crippen LogP contribution < -0.4 is 5.32 Å². The number of aromatic amines is 1. The van der Waals surface area contributed by atoms with E-state index in [1.165, 1.54) is 31.3 Å². The monoisotopic (exact) mass is 603 g/mol. The maximum absolute atomic E-state index is 15.3. The third kappa shape index (κ3) is 5.43. The molecule has 1 aliphatic carbocycles. The number of benzene rings is 1. The first kappa shape index (κ1) is 28.1. The summed E-state index contributed by atoms with van der Waals surface area (Å²) in [5, 5.41) is 13.9. The predicted octanol–water partition coefficient (Wildman–Crippen LogP) is 4.48. The highest BCUT2D eigenvalue weighted by Gasteiger charge is 2.46. The Kier molecular flexibility index (Phi) is 7.22. The molecule has 10 nitrogen and oxygen atoms in total. The number of halogens is 1. The molecule has 3 aromatic heterocycles. The normalized spacial score (nSPS) is 22.2. The molecule has 1 aromatic carbocycles. The number of amides is 2. The fourth-order valence-electron chi connectivity index (χ4n) is 6.25. The van der Waals surface area contributed by atoms with Crippen molar-refractivity contribution in [3.8, 4) is 11.3 Å². The summed E-state index contributed by atoms with van der Waals surface area (Å²) in [5.74, 6) is 0.222. The quantitative estimate of drug-likeness (QED) is 0.305. The number of hydrogen-bond donors (Lipinski definition) is 2. The number of methoxy groups -OCH3 is 1. The summed E-state index contributed by atoms with van der Waals surface area (Å²) in [4.78, 5) is 39.1. The van der Waals surface area contributed by atoms with Gasteiger partial charge in [-0.3, -0.25) is 24.6 Å². The number of hydrogen-bond acceptors (Lipinski definition) is 8. The number of ether oxygens (including phenoxy) is 1. The number of carbonyl (C=O) groups excluding carboxylic acids is 2. The number of aromatic nitrogens is 4. The van der Waals surface area contributed by atoms with E-state index in [4.69, 9.17) is 4.74 Å². The number of H-pyrrole nitrogens is 1. The molecule has 2 amide bonds. The van der Waals surface area contributed by atoms with E-state index in [2.05, 4.69) is 31.5 Å². The molecule has 3 fully saturated rings. The van der Waals surface area contributed by atoms with Crippen molar-refractivity contribution in [3.05, 3.63) is 58.8 Å². The van der Waals surface area contributed by atoms with Crippen molar-refractivity contribution in [2.45, 2.75) is 49.3 Å². The second-order valence-corrected chi connectivity index (χ2v) is 12.8. The lowest BCUT2D eigenvalue weighted by Crippen LogP contribution is -2.49. The smallest absolute Gasteiger partial charge is 0.258 e. The van der Waals surface area contributed by atoms with Crippen LogP contribution in [-0.4, -0.2) is 87.2 Å². The van der Waals surface area contributed by atoms with Gasteiger partial charge in [-0.2, -0.15) is 5.10 Å². The molecular formula is C31H34FN7O3S. The molecular weight excluding hydrogens is 569 g/mol. The Morgan fingerprint density at radius 1 is 1.12 bits per heavy atom. The third-order valence-electron chi connectivity index (χ3n) is 9.07. The topological polar surface area (TPSA) is 116 Å². The minimum Gasteiger partial charge on any atom is -0.367 e. The van der Waals surface area contributed by atoms with Crippen molar-refractivity contribution < 1.29 is 18.7 Å². The van der Waals surface area contributed by atoms with E-state index in [0.717, 1.165) is 27.9 Å². The molecule has 2 aliphatic heterocycles. The van der Waals surface area contributed by atoms with Crippen LogP contribution in [0.2, 0.25) is 0 Å². The Labute approximate surface area is 252 Å². The second-order valence-electron chi connectivity index (χ2n) is 11.9. The van der Waals surface area contributed by atoms with Crippen molar-refractivity contribution in [2.75, 3.05) is 45.2 Å². The van der Waals surface area contributed by atoms with Gasteiger partial charge < -0.3 is 15.0 Å². The van der Waals surface area contributed by atoms with Crippen LogP contribution in [0.5, 0.6) is 0 Å². The molecule has 2 N–H and O–H groups in total. The van der Waals surface area contributed by atoms with Gasteiger partial charge in [0, 0.05) is 92.2 Å². The van der Waals surface area contributed by atoms with Gasteiger partial charge in [0.15, 0.2) is 11.3 Å². The molecule has 43 heavy (non-hydrogen) atoms. The third-order valence-corrected chi connectivity index (χ3v) is 10.0. The van der Waals surface area contributed by atoms with Crippen LogP contribution >= 0.6 is 11.3 Å². The molecule has 0 radical (unpaired) electrons.